The summed E-state index contributed by atoms with van der Waals surface area (Å²) in [6.45, 7) is 0.485. The lowest BCUT2D eigenvalue weighted by molar-refractivity contribution is -0.113. The topological polar surface area (TPSA) is 121 Å². The number of hydrogen-bond donors (Lipinski definition) is 3. The monoisotopic (exact) mass is 338 g/mol. The van der Waals surface area contributed by atoms with Gasteiger partial charge in [-0.3, -0.25) is 9.69 Å². The number of pyridine rings is 1. The van der Waals surface area contributed by atoms with Crippen molar-refractivity contribution in [1.82, 2.24) is 10.3 Å². The summed E-state index contributed by atoms with van der Waals surface area (Å²) in [5, 5.41) is 13.4. The van der Waals surface area contributed by atoms with Crippen molar-refractivity contribution in [2.24, 2.45) is 0 Å². The van der Waals surface area contributed by atoms with Gasteiger partial charge < -0.3 is 20.5 Å². The fraction of sp³-hybridized carbons (Fsp3) is 0.385. The molecule has 0 spiro atoms. The number of hydrogen-bond acceptors (Lipinski definition) is 6. The second kappa shape index (κ2) is 6.32. The first-order valence-corrected chi connectivity index (χ1v) is 7.90. The average Bonchev–Trinajstić information content (AvgIpc) is 2.87. The van der Waals surface area contributed by atoms with E-state index >= 15 is 0 Å². The normalized spacial score (nSPS) is 19.8. The number of amides is 3. The number of fused-ring (bicyclic) bond motifs is 1. The molecule has 2 aliphatic heterocycles. The van der Waals surface area contributed by atoms with E-state index in [1.807, 2.05) is 0 Å². The third-order valence-corrected chi connectivity index (χ3v) is 4.40. The van der Waals surface area contributed by atoms with Crippen LogP contribution in [0.3, 0.4) is 0 Å². The molecule has 0 radical (unpaired) electrons. The van der Waals surface area contributed by atoms with Gasteiger partial charge in [-0.05, 0) is 12.1 Å². The van der Waals surface area contributed by atoms with Crippen molar-refractivity contribution in [3.63, 3.8) is 0 Å². The number of thioether (sulfide) groups is 1. The molecule has 3 rings (SSSR count). The number of cyclic esters (lactones) is 1. The van der Waals surface area contributed by atoms with Crippen molar-refractivity contribution in [1.29, 1.82) is 0 Å². The minimum Gasteiger partial charge on any atom is -0.465 e. The van der Waals surface area contributed by atoms with Crippen LogP contribution in [0.5, 0.6) is 0 Å². The largest absolute Gasteiger partial charge is 0.465 e. The SMILES string of the molecule is O=C(O)NCCC1CN(c2ccc3c(n2)NC(=O)CS3)C(=O)O1. The highest BCUT2D eigenvalue weighted by Crippen LogP contribution is 2.32. The Balaban J connectivity index is 1.67. The van der Waals surface area contributed by atoms with Crippen molar-refractivity contribution in [2.45, 2.75) is 17.4 Å². The van der Waals surface area contributed by atoms with E-state index in [4.69, 9.17) is 9.84 Å². The molecule has 1 fully saturated rings. The number of anilines is 2. The Bertz CT molecular complexity index is 668. The van der Waals surface area contributed by atoms with Gasteiger partial charge in [0.2, 0.25) is 5.91 Å². The molecule has 122 valence electrons. The minimum atomic E-state index is -1.12. The van der Waals surface area contributed by atoms with Gasteiger partial charge in [-0.1, -0.05) is 0 Å². The smallest absolute Gasteiger partial charge is 0.415 e. The molecule has 1 saturated heterocycles. The molecule has 10 heteroatoms. The van der Waals surface area contributed by atoms with Crippen LogP contribution in [-0.2, 0) is 9.53 Å². The second-order valence-electron chi connectivity index (χ2n) is 4.99. The lowest BCUT2D eigenvalue weighted by Gasteiger charge is -2.18. The van der Waals surface area contributed by atoms with Gasteiger partial charge in [-0.15, -0.1) is 11.8 Å². The van der Waals surface area contributed by atoms with Crippen molar-refractivity contribution in [3.05, 3.63) is 12.1 Å². The number of aromatic nitrogens is 1. The molecule has 3 N–H and O–H groups in total. The van der Waals surface area contributed by atoms with Crippen LogP contribution in [-0.4, -0.2) is 53.1 Å². The Labute approximate surface area is 135 Å². The van der Waals surface area contributed by atoms with E-state index in [1.54, 1.807) is 12.1 Å². The van der Waals surface area contributed by atoms with E-state index in [0.29, 0.717) is 23.8 Å². The fourth-order valence-electron chi connectivity index (χ4n) is 2.30. The summed E-state index contributed by atoms with van der Waals surface area (Å²) in [7, 11) is 0. The van der Waals surface area contributed by atoms with Crippen LogP contribution in [0.1, 0.15) is 6.42 Å². The average molecular weight is 338 g/mol. The Kier molecular flexibility index (Phi) is 4.24. The lowest BCUT2D eigenvalue weighted by atomic mass is 10.2. The maximum absolute atomic E-state index is 11.9. The highest BCUT2D eigenvalue weighted by molar-refractivity contribution is 8.00. The summed E-state index contributed by atoms with van der Waals surface area (Å²) in [5.41, 5.74) is 0. The van der Waals surface area contributed by atoms with E-state index in [0.717, 1.165) is 4.90 Å². The zero-order valence-corrected chi connectivity index (χ0v) is 12.8. The van der Waals surface area contributed by atoms with Crippen LogP contribution in [0.2, 0.25) is 0 Å². The standard InChI is InChI=1S/C13H14N4O5S/c18-10-6-23-8-1-2-9(15-11(8)16-10)17-5-7(22-13(17)21)3-4-14-12(19)20/h1-2,7,14H,3-6H2,(H,19,20)(H,15,16,18). The second-order valence-corrected chi connectivity index (χ2v) is 6.01. The van der Waals surface area contributed by atoms with E-state index in [1.165, 1.54) is 16.7 Å². The molecule has 1 atom stereocenters. The first-order valence-electron chi connectivity index (χ1n) is 6.91. The molecule has 0 bridgehead atoms. The van der Waals surface area contributed by atoms with E-state index in [-0.39, 0.29) is 19.0 Å². The molecule has 23 heavy (non-hydrogen) atoms. The van der Waals surface area contributed by atoms with Crippen LogP contribution >= 0.6 is 11.8 Å². The van der Waals surface area contributed by atoms with Crippen molar-refractivity contribution in [3.8, 4) is 0 Å². The van der Waals surface area contributed by atoms with Crippen LogP contribution in [0.25, 0.3) is 0 Å². The van der Waals surface area contributed by atoms with Gasteiger partial charge in [-0.25, -0.2) is 14.6 Å². The predicted molar refractivity (Wildman–Crippen MR) is 81.9 cm³/mol. The predicted octanol–water partition coefficient (Wildman–Crippen LogP) is 1.11. The van der Waals surface area contributed by atoms with Crippen molar-refractivity contribution in [2.75, 3.05) is 29.1 Å². The number of nitrogens with zero attached hydrogens (tertiary/aromatic N) is 2. The Morgan fingerprint density at radius 2 is 2.35 bits per heavy atom. The van der Waals surface area contributed by atoms with Gasteiger partial charge in [0.05, 0.1) is 17.2 Å². The molecule has 0 saturated carbocycles. The maximum atomic E-state index is 11.9. The summed E-state index contributed by atoms with van der Waals surface area (Å²) in [4.78, 5) is 40.3. The van der Waals surface area contributed by atoms with Gasteiger partial charge in [0, 0.05) is 13.0 Å². The van der Waals surface area contributed by atoms with Crippen molar-refractivity contribution < 1.29 is 24.2 Å². The van der Waals surface area contributed by atoms with Crippen LogP contribution in [0, 0.1) is 0 Å². The quantitative estimate of drug-likeness (QED) is 0.752. The van der Waals surface area contributed by atoms with Crippen LogP contribution in [0.4, 0.5) is 21.2 Å². The lowest BCUT2D eigenvalue weighted by Crippen LogP contribution is -2.29. The number of carbonyl (C=O) groups is 3. The first-order chi connectivity index (χ1) is 11.0. The molecule has 9 nitrogen and oxygen atoms in total. The number of nitrogens with one attached hydrogen (secondary N) is 2. The van der Waals surface area contributed by atoms with E-state index in [2.05, 4.69) is 15.6 Å². The summed E-state index contributed by atoms with van der Waals surface area (Å²) in [5.74, 6) is 1.05. The number of carbonyl (C=O) groups excluding carboxylic acids is 2. The molecule has 0 aromatic carbocycles. The molecule has 1 aromatic heterocycles. The van der Waals surface area contributed by atoms with Crippen LogP contribution < -0.4 is 15.5 Å². The van der Waals surface area contributed by atoms with Gasteiger partial charge in [-0.2, -0.15) is 0 Å². The van der Waals surface area contributed by atoms with Crippen molar-refractivity contribution >= 4 is 41.5 Å². The molecule has 1 unspecified atom stereocenters. The van der Waals surface area contributed by atoms with Gasteiger partial charge in [0.25, 0.3) is 0 Å². The first kappa shape index (κ1) is 15.4. The molecule has 2 aliphatic rings. The summed E-state index contributed by atoms with van der Waals surface area (Å²) in [6.07, 6.45) is -1.68. The summed E-state index contributed by atoms with van der Waals surface area (Å²) >= 11 is 1.39. The Morgan fingerprint density at radius 3 is 3.13 bits per heavy atom. The summed E-state index contributed by atoms with van der Waals surface area (Å²) < 4.78 is 5.20. The van der Waals surface area contributed by atoms with Gasteiger partial charge >= 0.3 is 12.2 Å². The van der Waals surface area contributed by atoms with Crippen LogP contribution in [0.15, 0.2) is 17.0 Å². The molecule has 0 aliphatic carbocycles. The molecule has 3 heterocycles. The van der Waals surface area contributed by atoms with E-state index < -0.39 is 18.3 Å². The molecule has 3 amide bonds. The number of carboxylic acid groups (broad SMARTS) is 1. The third kappa shape index (κ3) is 3.47. The highest BCUT2D eigenvalue weighted by Gasteiger charge is 2.33. The minimum absolute atomic E-state index is 0.131. The third-order valence-electron chi connectivity index (χ3n) is 3.35. The van der Waals surface area contributed by atoms with Gasteiger partial charge in [0.1, 0.15) is 17.7 Å². The van der Waals surface area contributed by atoms with Gasteiger partial charge in [0.15, 0.2) is 0 Å². The molecule has 1 aromatic rings. The maximum Gasteiger partial charge on any atom is 0.415 e. The zero-order chi connectivity index (χ0) is 16.4. The Morgan fingerprint density at radius 1 is 1.52 bits per heavy atom. The molecular formula is C13H14N4O5S. The Hall–Kier alpha value is -2.49. The fourth-order valence-corrected chi connectivity index (χ4v) is 3.06. The summed E-state index contributed by atoms with van der Waals surface area (Å²) in [6, 6.07) is 3.50. The number of ether oxygens (including phenoxy) is 1. The highest BCUT2D eigenvalue weighted by atomic mass is 32.2. The molecular weight excluding hydrogens is 324 g/mol. The zero-order valence-electron chi connectivity index (χ0n) is 11.9. The van der Waals surface area contributed by atoms with E-state index in [9.17, 15) is 14.4 Å². The number of rotatable bonds is 4.